The van der Waals surface area contributed by atoms with E-state index in [4.69, 9.17) is 9.15 Å². The number of phenols is 1. The Hall–Kier alpha value is -2.01. The van der Waals surface area contributed by atoms with Gasteiger partial charge in [0.1, 0.15) is 17.1 Å². The van der Waals surface area contributed by atoms with Crippen LogP contribution in [0.3, 0.4) is 0 Å². The normalized spacial score (nSPS) is 12.0. The van der Waals surface area contributed by atoms with Crippen LogP contribution in [0.2, 0.25) is 0 Å². The first kappa shape index (κ1) is 20.7. The Morgan fingerprint density at radius 3 is 2.54 bits per heavy atom. The summed E-state index contributed by atoms with van der Waals surface area (Å²) in [7, 11) is 1.58. The van der Waals surface area contributed by atoms with Crippen molar-refractivity contribution in [3.63, 3.8) is 0 Å². The minimum absolute atomic E-state index is 0.123. The Morgan fingerprint density at radius 2 is 1.82 bits per heavy atom. The molecule has 0 spiro atoms. The van der Waals surface area contributed by atoms with Gasteiger partial charge >= 0.3 is 5.63 Å². The number of phenolic OH excluding ortho intramolecular Hbond substituents is 1. The van der Waals surface area contributed by atoms with Gasteiger partial charge in [0.15, 0.2) is 0 Å². The monoisotopic (exact) mass is 446 g/mol. The van der Waals surface area contributed by atoms with Crippen LogP contribution in [0.15, 0.2) is 39.5 Å². The quantitative estimate of drug-likeness (QED) is 0.191. The molecular formula is C23H27BrO4. The van der Waals surface area contributed by atoms with Crippen molar-refractivity contribution in [1.29, 1.82) is 0 Å². The second kappa shape index (κ2) is 8.56. The van der Waals surface area contributed by atoms with E-state index in [-0.39, 0.29) is 11.2 Å². The summed E-state index contributed by atoms with van der Waals surface area (Å²) in [6.07, 6.45) is 5.73. The van der Waals surface area contributed by atoms with Crippen LogP contribution in [0.4, 0.5) is 0 Å². The largest absolute Gasteiger partial charge is 0.507 e. The maximum absolute atomic E-state index is 12.4. The van der Waals surface area contributed by atoms with Gasteiger partial charge in [0.05, 0.1) is 17.9 Å². The van der Waals surface area contributed by atoms with Gasteiger partial charge in [-0.15, -0.1) is 0 Å². The number of hydrogen-bond donors (Lipinski definition) is 1. The van der Waals surface area contributed by atoms with E-state index in [0.717, 1.165) is 23.7 Å². The number of benzene rings is 2. The molecule has 0 aliphatic carbocycles. The number of ether oxygens (including phenoxy) is 1. The van der Waals surface area contributed by atoms with E-state index < -0.39 is 5.63 Å². The van der Waals surface area contributed by atoms with Gasteiger partial charge in [-0.3, -0.25) is 0 Å². The van der Waals surface area contributed by atoms with Crippen molar-refractivity contribution in [3.8, 4) is 11.5 Å². The van der Waals surface area contributed by atoms with Crippen LogP contribution < -0.4 is 10.4 Å². The maximum atomic E-state index is 12.4. The minimum Gasteiger partial charge on any atom is -0.507 e. The molecular weight excluding hydrogens is 420 g/mol. The van der Waals surface area contributed by atoms with Crippen LogP contribution in [-0.4, -0.2) is 17.5 Å². The van der Waals surface area contributed by atoms with Crippen molar-refractivity contribution >= 4 is 37.7 Å². The summed E-state index contributed by atoms with van der Waals surface area (Å²) in [5, 5.41) is 13.5. The topological polar surface area (TPSA) is 59.7 Å². The first-order valence-corrected chi connectivity index (χ1v) is 10.8. The van der Waals surface area contributed by atoms with E-state index in [1.165, 1.54) is 19.3 Å². The van der Waals surface area contributed by atoms with Gasteiger partial charge in [-0.2, -0.15) is 0 Å². The molecule has 0 saturated heterocycles. The standard InChI is InChI=1S/C23H27BrO4/c1-23(2,10-6-4-5-7-11-24)15-12-19(25)21-18-14-16(27-3)8-9-17(18)22(26)28-20(21)13-15/h8-9,12-14,25H,4-7,10-11H2,1-3H3. The molecule has 2 aromatic carbocycles. The molecule has 0 saturated carbocycles. The molecule has 0 aliphatic rings. The summed E-state index contributed by atoms with van der Waals surface area (Å²) in [5.74, 6) is 0.758. The highest BCUT2D eigenvalue weighted by atomic mass is 79.9. The van der Waals surface area contributed by atoms with Gasteiger partial charge in [-0.25, -0.2) is 4.79 Å². The number of hydrogen-bond acceptors (Lipinski definition) is 4. The molecule has 1 heterocycles. The molecule has 0 bridgehead atoms. The predicted molar refractivity (Wildman–Crippen MR) is 118 cm³/mol. The lowest BCUT2D eigenvalue weighted by molar-refractivity contribution is 0.415. The van der Waals surface area contributed by atoms with Crippen LogP contribution in [0, 0.1) is 0 Å². The predicted octanol–water partition coefficient (Wildman–Crippen LogP) is 6.28. The molecule has 28 heavy (non-hydrogen) atoms. The molecule has 1 aromatic heterocycles. The molecule has 0 amide bonds. The van der Waals surface area contributed by atoms with Crippen molar-refractivity contribution in [2.75, 3.05) is 12.4 Å². The summed E-state index contributed by atoms with van der Waals surface area (Å²) < 4.78 is 10.8. The van der Waals surface area contributed by atoms with Crippen molar-refractivity contribution in [2.45, 2.75) is 51.4 Å². The molecule has 3 rings (SSSR count). The lowest BCUT2D eigenvalue weighted by Gasteiger charge is -2.26. The minimum atomic E-state index is -0.408. The second-order valence-electron chi connectivity index (χ2n) is 7.91. The van der Waals surface area contributed by atoms with Crippen molar-refractivity contribution in [3.05, 3.63) is 46.3 Å². The van der Waals surface area contributed by atoms with E-state index in [2.05, 4.69) is 29.8 Å². The molecule has 5 heteroatoms. The van der Waals surface area contributed by atoms with Crippen LogP contribution in [0.25, 0.3) is 21.7 Å². The van der Waals surface area contributed by atoms with E-state index >= 15 is 0 Å². The fourth-order valence-corrected chi connectivity index (χ4v) is 4.09. The van der Waals surface area contributed by atoms with E-state index in [1.807, 2.05) is 6.07 Å². The van der Waals surface area contributed by atoms with Gasteiger partial charge in [0.2, 0.25) is 0 Å². The van der Waals surface area contributed by atoms with Crippen molar-refractivity contribution in [1.82, 2.24) is 0 Å². The molecule has 0 fully saturated rings. The molecule has 150 valence electrons. The summed E-state index contributed by atoms with van der Waals surface area (Å²) in [5.41, 5.74) is 0.855. The fraction of sp³-hybridized carbons (Fsp3) is 0.435. The third-order valence-electron chi connectivity index (χ3n) is 5.47. The highest BCUT2D eigenvalue weighted by Crippen LogP contribution is 2.38. The van der Waals surface area contributed by atoms with Crippen molar-refractivity contribution < 1.29 is 14.3 Å². The number of fused-ring (bicyclic) bond motifs is 3. The summed E-state index contributed by atoms with van der Waals surface area (Å²) in [6, 6.07) is 8.86. The zero-order valence-electron chi connectivity index (χ0n) is 16.7. The Kier molecular flexibility index (Phi) is 6.33. The van der Waals surface area contributed by atoms with E-state index in [0.29, 0.717) is 27.5 Å². The molecule has 4 nitrogen and oxygen atoms in total. The van der Waals surface area contributed by atoms with Crippen LogP contribution in [0.1, 0.15) is 51.5 Å². The third-order valence-corrected chi connectivity index (χ3v) is 6.03. The first-order valence-electron chi connectivity index (χ1n) is 9.71. The van der Waals surface area contributed by atoms with E-state index in [9.17, 15) is 9.90 Å². The Bertz CT molecular complexity index is 1040. The molecule has 3 aromatic rings. The van der Waals surface area contributed by atoms with Gasteiger partial charge in [0, 0.05) is 10.7 Å². The highest BCUT2D eigenvalue weighted by Gasteiger charge is 2.23. The lowest BCUT2D eigenvalue weighted by atomic mass is 9.79. The molecule has 0 radical (unpaired) electrons. The smallest absolute Gasteiger partial charge is 0.344 e. The first-order chi connectivity index (χ1) is 13.4. The number of unbranched alkanes of at least 4 members (excludes halogenated alkanes) is 3. The molecule has 0 atom stereocenters. The zero-order chi connectivity index (χ0) is 20.3. The summed E-state index contributed by atoms with van der Waals surface area (Å²) in [4.78, 5) is 12.4. The number of methoxy groups -OCH3 is 1. The number of halogens is 1. The zero-order valence-corrected chi connectivity index (χ0v) is 18.3. The Labute approximate surface area is 173 Å². The average Bonchev–Trinajstić information content (AvgIpc) is 2.67. The van der Waals surface area contributed by atoms with Gasteiger partial charge in [0.25, 0.3) is 0 Å². The van der Waals surface area contributed by atoms with Crippen LogP contribution in [-0.2, 0) is 5.41 Å². The Balaban J connectivity index is 2.03. The molecule has 0 unspecified atom stereocenters. The van der Waals surface area contributed by atoms with Crippen LogP contribution >= 0.6 is 15.9 Å². The SMILES string of the molecule is COc1ccc2c(=O)oc3cc(C(C)(C)CCCCCCBr)cc(O)c3c2c1. The number of rotatable bonds is 8. The van der Waals surface area contributed by atoms with Gasteiger partial charge in [-0.1, -0.05) is 49.0 Å². The summed E-state index contributed by atoms with van der Waals surface area (Å²) >= 11 is 3.47. The van der Waals surface area contributed by atoms with Gasteiger partial charge in [-0.05, 0) is 54.2 Å². The Morgan fingerprint density at radius 1 is 1.07 bits per heavy atom. The summed E-state index contributed by atoms with van der Waals surface area (Å²) in [6.45, 7) is 4.33. The van der Waals surface area contributed by atoms with E-state index in [1.54, 1.807) is 31.4 Å². The maximum Gasteiger partial charge on any atom is 0.344 e. The van der Waals surface area contributed by atoms with Gasteiger partial charge < -0.3 is 14.3 Å². The number of alkyl halides is 1. The average molecular weight is 447 g/mol. The molecule has 1 N–H and O–H groups in total. The number of aromatic hydroxyl groups is 1. The molecule has 0 aliphatic heterocycles. The lowest BCUT2D eigenvalue weighted by Crippen LogP contribution is -2.17. The third kappa shape index (κ3) is 4.19. The van der Waals surface area contributed by atoms with Crippen LogP contribution in [0.5, 0.6) is 11.5 Å². The van der Waals surface area contributed by atoms with Crippen molar-refractivity contribution in [2.24, 2.45) is 0 Å². The second-order valence-corrected chi connectivity index (χ2v) is 8.70. The highest BCUT2D eigenvalue weighted by molar-refractivity contribution is 9.09. The fourth-order valence-electron chi connectivity index (χ4n) is 3.69.